The fraction of sp³-hybridized carbons (Fsp3) is 0.100. The van der Waals surface area contributed by atoms with Crippen LogP contribution in [0.3, 0.4) is 0 Å². The molecule has 6 heteroatoms. The Morgan fingerprint density at radius 2 is 1.15 bits per heavy atom. The van der Waals surface area contributed by atoms with Gasteiger partial charge in [0.1, 0.15) is 5.75 Å². The average Bonchev–Trinajstić information content (AvgIpc) is 2.69. The SMILES string of the molecule is O=P(OCc1ccccc1)(OCc1ccccc1)Oc1ccc(Cl)cc1. The first-order valence-corrected chi connectivity index (χ1v) is 9.89. The van der Waals surface area contributed by atoms with Crippen molar-refractivity contribution in [1.29, 1.82) is 0 Å². The van der Waals surface area contributed by atoms with Gasteiger partial charge in [-0.15, -0.1) is 0 Å². The van der Waals surface area contributed by atoms with E-state index < -0.39 is 7.82 Å². The van der Waals surface area contributed by atoms with Gasteiger partial charge in [0, 0.05) is 5.02 Å². The Bertz CT molecular complexity index is 806. The topological polar surface area (TPSA) is 44.8 Å². The molecule has 0 aliphatic carbocycles. The van der Waals surface area contributed by atoms with Crippen LogP contribution in [0.25, 0.3) is 0 Å². The molecule has 0 saturated heterocycles. The first kappa shape index (κ1) is 18.7. The van der Waals surface area contributed by atoms with Gasteiger partial charge in [-0.1, -0.05) is 72.3 Å². The van der Waals surface area contributed by atoms with Crippen molar-refractivity contribution in [3.8, 4) is 5.75 Å². The summed E-state index contributed by atoms with van der Waals surface area (Å²) in [6.45, 7) is 0.223. The summed E-state index contributed by atoms with van der Waals surface area (Å²) in [5, 5.41) is 0.558. The van der Waals surface area contributed by atoms with Crippen molar-refractivity contribution in [2.24, 2.45) is 0 Å². The van der Waals surface area contributed by atoms with E-state index in [9.17, 15) is 4.57 Å². The molecule has 3 rings (SSSR count). The molecule has 0 radical (unpaired) electrons. The minimum atomic E-state index is -3.83. The summed E-state index contributed by atoms with van der Waals surface area (Å²) in [4.78, 5) is 0. The van der Waals surface area contributed by atoms with Crippen LogP contribution < -0.4 is 4.52 Å². The van der Waals surface area contributed by atoms with Crippen LogP contribution in [0.2, 0.25) is 5.02 Å². The van der Waals surface area contributed by atoms with Crippen LogP contribution in [0, 0.1) is 0 Å². The molecule has 0 N–H and O–H groups in total. The molecule has 134 valence electrons. The largest absolute Gasteiger partial charge is 0.530 e. The van der Waals surface area contributed by atoms with Crippen LogP contribution in [0.1, 0.15) is 11.1 Å². The first-order valence-electron chi connectivity index (χ1n) is 8.05. The van der Waals surface area contributed by atoms with Gasteiger partial charge in [-0.05, 0) is 35.4 Å². The third kappa shape index (κ3) is 5.72. The Balaban J connectivity index is 1.72. The van der Waals surface area contributed by atoms with E-state index in [0.29, 0.717) is 10.8 Å². The maximum atomic E-state index is 13.1. The lowest BCUT2D eigenvalue weighted by Crippen LogP contribution is -2.03. The number of hydrogen-bond acceptors (Lipinski definition) is 4. The molecule has 26 heavy (non-hydrogen) atoms. The van der Waals surface area contributed by atoms with E-state index in [-0.39, 0.29) is 13.2 Å². The van der Waals surface area contributed by atoms with Crippen LogP contribution >= 0.6 is 19.4 Å². The van der Waals surface area contributed by atoms with Crippen molar-refractivity contribution < 1.29 is 18.1 Å². The van der Waals surface area contributed by atoms with Gasteiger partial charge in [0.25, 0.3) is 0 Å². The Labute approximate surface area is 157 Å². The van der Waals surface area contributed by atoms with E-state index in [1.807, 2.05) is 60.7 Å². The summed E-state index contributed by atoms with van der Waals surface area (Å²) in [6, 6.07) is 25.4. The molecule has 0 fully saturated rings. The van der Waals surface area contributed by atoms with Crippen molar-refractivity contribution in [1.82, 2.24) is 0 Å². The summed E-state index contributed by atoms with van der Waals surface area (Å²) >= 11 is 5.88. The van der Waals surface area contributed by atoms with Crippen LogP contribution in [-0.4, -0.2) is 0 Å². The molecular weight excluding hydrogens is 371 g/mol. The third-order valence-corrected chi connectivity index (χ3v) is 5.07. The van der Waals surface area contributed by atoms with Gasteiger partial charge in [-0.25, -0.2) is 4.57 Å². The second kappa shape index (κ2) is 9.02. The number of halogens is 1. The predicted octanol–water partition coefficient (Wildman–Crippen LogP) is 6.26. The first-order chi connectivity index (χ1) is 12.6. The zero-order valence-corrected chi connectivity index (χ0v) is 15.6. The van der Waals surface area contributed by atoms with Crippen LogP contribution in [-0.2, 0) is 26.8 Å². The van der Waals surface area contributed by atoms with E-state index in [1.165, 1.54) is 0 Å². The summed E-state index contributed by atoms with van der Waals surface area (Å²) in [5.41, 5.74) is 1.74. The van der Waals surface area contributed by atoms with Crippen molar-refractivity contribution in [3.63, 3.8) is 0 Å². The van der Waals surface area contributed by atoms with Gasteiger partial charge in [-0.3, -0.25) is 9.05 Å². The second-order valence-corrected chi connectivity index (χ2v) is 7.54. The molecule has 0 aromatic heterocycles. The molecule has 3 aromatic carbocycles. The van der Waals surface area contributed by atoms with Crippen LogP contribution in [0.5, 0.6) is 5.75 Å². The van der Waals surface area contributed by atoms with E-state index in [4.69, 9.17) is 25.2 Å². The van der Waals surface area contributed by atoms with Crippen LogP contribution in [0.15, 0.2) is 84.9 Å². The molecule has 0 saturated carbocycles. The van der Waals surface area contributed by atoms with Gasteiger partial charge >= 0.3 is 7.82 Å². The fourth-order valence-electron chi connectivity index (χ4n) is 2.17. The minimum absolute atomic E-state index is 0.112. The zero-order valence-electron chi connectivity index (χ0n) is 14.0. The highest BCUT2D eigenvalue weighted by atomic mass is 35.5. The quantitative estimate of drug-likeness (QED) is 0.427. The molecule has 3 aromatic rings. The lowest BCUT2D eigenvalue weighted by Gasteiger charge is -2.19. The van der Waals surface area contributed by atoms with Crippen molar-refractivity contribution in [2.75, 3.05) is 0 Å². The highest BCUT2D eigenvalue weighted by Crippen LogP contribution is 2.51. The molecule has 0 heterocycles. The maximum Gasteiger partial charge on any atom is 0.530 e. The fourth-order valence-corrected chi connectivity index (χ4v) is 3.47. The average molecular weight is 389 g/mol. The molecule has 0 aliphatic rings. The van der Waals surface area contributed by atoms with Gasteiger partial charge in [0.15, 0.2) is 0 Å². The van der Waals surface area contributed by atoms with Gasteiger partial charge < -0.3 is 4.52 Å². The molecule has 0 spiro atoms. The molecule has 0 bridgehead atoms. The molecule has 0 aliphatic heterocycles. The summed E-state index contributed by atoms with van der Waals surface area (Å²) < 4.78 is 29.8. The number of benzene rings is 3. The minimum Gasteiger partial charge on any atom is -0.404 e. The van der Waals surface area contributed by atoms with Gasteiger partial charge in [0.2, 0.25) is 0 Å². The standard InChI is InChI=1S/C20H18ClO4P/c21-19-11-13-20(14-12-19)25-26(22,23-15-17-7-3-1-4-8-17)24-16-18-9-5-2-6-10-18/h1-14H,15-16H2. The number of rotatable bonds is 8. The summed E-state index contributed by atoms with van der Waals surface area (Å²) in [7, 11) is -3.83. The summed E-state index contributed by atoms with van der Waals surface area (Å²) in [5.74, 6) is 0.360. The van der Waals surface area contributed by atoms with E-state index >= 15 is 0 Å². The second-order valence-electron chi connectivity index (χ2n) is 5.51. The zero-order chi connectivity index (χ0) is 18.2. The lowest BCUT2D eigenvalue weighted by atomic mass is 10.2. The number of phosphoric acid groups is 1. The highest BCUT2D eigenvalue weighted by Gasteiger charge is 2.29. The molecule has 0 atom stereocenters. The van der Waals surface area contributed by atoms with E-state index in [1.54, 1.807) is 24.3 Å². The Morgan fingerprint density at radius 3 is 1.62 bits per heavy atom. The molecule has 0 amide bonds. The Morgan fingerprint density at radius 1 is 0.692 bits per heavy atom. The normalized spacial score (nSPS) is 11.3. The third-order valence-electron chi connectivity index (χ3n) is 3.50. The van der Waals surface area contributed by atoms with Crippen molar-refractivity contribution >= 4 is 19.4 Å². The van der Waals surface area contributed by atoms with E-state index in [0.717, 1.165) is 11.1 Å². The molecular formula is C20H18ClO4P. The monoisotopic (exact) mass is 388 g/mol. The Kier molecular flexibility index (Phi) is 6.48. The predicted molar refractivity (Wildman–Crippen MR) is 102 cm³/mol. The van der Waals surface area contributed by atoms with Crippen LogP contribution in [0.4, 0.5) is 0 Å². The number of hydrogen-bond donors (Lipinski definition) is 0. The Hall–Kier alpha value is -2.10. The van der Waals surface area contributed by atoms with E-state index in [2.05, 4.69) is 0 Å². The molecule has 4 nitrogen and oxygen atoms in total. The van der Waals surface area contributed by atoms with Gasteiger partial charge in [0.05, 0.1) is 13.2 Å². The smallest absolute Gasteiger partial charge is 0.404 e. The van der Waals surface area contributed by atoms with Crippen molar-refractivity contribution in [3.05, 3.63) is 101 Å². The van der Waals surface area contributed by atoms with Crippen molar-refractivity contribution in [2.45, 2.75) is 13.2 Å². The summed E-state index contributed by atoms with van der Waals surface area (Å²) in [6.07, 6.45) is 0. The maximum absolute atomic E-state index is 13.1. The molecule has 0 unspecified atom stereocenters. The van der Waals surface area contributed by atoms with Gasteiger partial charge in [-0.2, -0.15) is 0 Å². The lowest BCUT2D eigenvalue weighted by molar-refractivity contribution is 0.143. The number of phosphoric ester groups is 1. The highest BCUT2D eigenvalue weighted by molar-refractivity contribution is 7.48.